The molecule has 6 heteroatoms. The van der Waals surface area contributed by atoms with E-state index in [9.17, 15) is 8.78 Å². The van der Waals surface area contributed by atoms with Gasteiger partial charge >= 0.3 is 0 Å². The number of anilines is 1. The molecule has 0 atom stereocenters. The van der Waals surface area contributed by atoms with E-state index < -0.39 is 11.6 Å². The van der Waals surface area contributed by atoms with Crippen LogP contribution in [0.1, 0.15) is 25.8 Å². The molecule has 21 heavy (non-hydrogen) atoms. The van der Waals surface area contributed by atoms with Crippen LogP contribution in [0.5, 0.6) is 11.6 Å². The van der Waals surface area contributed by atoms with Crippen molar-refractivity contribution in [1.29, 1.82) is 0 Å². The SMILES string of the molecule is CCCNc1ncnc(Oc2cc(F)ccc2F)c1CC. The normalized spacial score (nSPS) is 10.5. The molecule has 0 radical (unpaired) electrons. The lowest BCUT2D eigenvalue weighted by molar-refractivity contribution is 0.417. The van der Waals surface area contributed by atoms with Crippen LogP contribution in [0.4, 0.5) is 14.6 Å². The van der Waals surface area contributed by atoms with Gasteiger partial charge < -0.3 is 10.1 Å². The first-order chi connectivity index (χ1) is 10.2. The second kappa shape index (κ2) is 6.97. The number of nitrogens with zero attached hydrogens (tertiary/aromatic N) is 2. The maximum atomic E-state index is 13.6. The van der Waals surface area contributed by atoms with Gasteiger partial charge in [0.2, 0.25) is 5.88 Å². The molecule has 0 aliphatic heterocycles. The highest BCUT2D eigenvalue weighted by Crippen LogP contribution is 2.29. The van der Waals surface area contributed by atoms with Gasteiger partial charge in [-0.25, -0.2) is 18.7 Å². The number of nitrogens with one attached hydrogen (secondary N) is 1. The maximum Gasteiger partial charge on any atom is 0.227 e. The molecule has 4 nitrogen and oxygen atoms in total. The van der Waals surface area contributed by atoms with Crippen molar-refractivity contribution < 1.29 is 13.5 Å². The number of hydrogen-bond donors (Lipinski definition) is 1. The van der Waals surface area contributed by atoms with E-state index in [2.05, 4.69) is 15.3 Å². The molecule has 0 aliphatic carbocycles. The Balaban J connectivity index is 2.33. The number of rotatable bonds is 6. The first kappa shape index (κ1) is 15.2. The highest BCUT2D eigenvalue weighted by molar-refractivity contribution is 5.49. The summed E-state index contributed by atoms with van der Waals surface area (Å²) in [6.07, 6.45) is 2.89. The van der Waals surface area contributed by atoms with Crippen molar-refractivity contribution in [3.05, 3.63) is 41.7 Å². The predicted molar refractivity (Wildman–Crippen MR) is 76.6 cm³/mol. The molecule has 0 bridgehead atoms. The van der Waals surface area contributed by atoms with E-state index in [-0.39, 0.29) is 11.6 Å². The van der Waals surface area contributed by atoms with Crippen LogP contribution in [0.25, 0.3) is 0 Å². The predicted octanol–water partition coefficient (Wildman–Crippen LogP) is 3.93. The lowest BCUT2D eigenvalue weighted by Gasteiger charge is -2.13. The summed E-state index contributed by atoms with van der Waals surface area (Å²) in [7, 11) is 0. The van der Waals surface area contributed by atoms with E-state index in [4.69, 9.17) is 4.74 Å². The molecule has 0 fully saturated rings. The fourth-order valence-electron chi connectivity index (χ4n) is 1.86. The third-order valence-corrected chi connectivity index (χ3v) is 2.90. The fraction of sp³-hybridized carbons (Fsp3) is 0.333. The van der Waals surface area contributed by atoms with Crippen LogP contribution in [-0.2, 0) is 6.42 Å². The van der Waals surface area contributed by atoms with Crippen LogP contribution in [0, 0.1) is 11.6 Å². The Hall–Kier alpha value is -2.24. The Morgan fingerprint density at radius 1 is 1.19 bits per heavy atom. The van der Waals surface area contributed by atoms with Crippen molar-refractivity contribution in [2.75, 3.05) is 11.9 Å². The van der Waals surface area contributed by atoms with Gasteiger partial charge in [0.05, 0.1) is 5.56 Å². The van der Waals surface area contributed by atoms with Crippen molar-refractivity contribution in [3.63, 3.8) is 0 Å². The summed E-state index contributed by atoms with van der Waals surface area (Å²) >= 11 is 0. The summed E-state index contributed by atoms with van der Waals surface area (Å²) in [5.41, 5.74) is 0.731. The molecular weight excluding hydrogens is 276 g/mol. The molecule has 1 N–H and O–H groups in total. The van der Waals surface area contributed by atoms with Crippen LogP contribution in [-0.4, -0.2) is 16.5 Å². The van der Waals surface area contributed by atoms with E-state index in [0.717, 1.165) is 36.7 Å². The minimum Gasteiger partial charge on any atom is -0.435 e. The van der Waals surface area contributed by atoms with E-state index in [1.807, 2.05) is 13.8 Å². The van der Waals surface area contributed by atoms with Crippen molar-refractivity contribution in [2.45, 2.75) is 26.7 Å². The second-order valence-corrected chi connectivity index (χ2v) is 4.46. The van der Waals surface area contributed by atoms with Gasteiger partial charge in [0, 0.05) is 12.6 Å². The van der Waals surface area contributed by atoms with E-state index in [1.54, 1.807) is 0 Å². The molecule has 0 amide bonds. The molecule has 1 aromatic carbocycles. The standard InChI is InChI=1S/C15H17F2N3O/c1-3-7-18-14-11(4-2)15(20-9-19-14)21-13-8-10(16)5-6-12(13)17/h5-6,8-9H,3-4,7H2,1-2H3,(H,18,19,20). The molecular formula is C15H17F2N3O. The van der Waals surface area contributed by atoms with Crippen molar-refractivity contribution in [2.24, 2.45) is 0 Å². The smallest absolute Gasteiger partial charge is 0.227 e. The topological polar surface area (TPSA) is 47.0 Å². The van der Waals surface area contributed by atoms with Gasteiger partial charge in [-0.1, -0.05) is 13.8 Å². The van der Waals surface area contributed by atoms with Crippen LogP contribution < -0.4 is 10.1 Å². The Morgan fingerprint density at radius 3 is 2.71 bits per heavy atom. The van der Waals surface area contributed by atoms with Gasteiger partial charge in [0.25, 0.3) is 0 Å². The number of aromatic nitrogens is 2. The molecule has 0 aliphatic rings. The Labute approximate surface area is 122 Å². The monoisotopic (exact) mass is 293 g/mol. The summed E-state index contributed by atoms with van der Waals surface area (Å²) in [5, 5.41) is 3.17. The van der Waals surface area contributed by atoms with E-state index >= 15 is 0 Å². The quantitative estimate of drug-likeness (QED) is 0.876. The summed E-state index contributed by atoms with van der Waals surface area (Å²) in [6.45, 7) is 4.72. The Morgan fingerprint density at radius 2 is 2.00 bits per heavy atom. The third-order valence-electron chi connectivity index (χ3n) is 2.90. The minimum absolute atomic E-state index is 0.190. The van der Waals surface area contributed by atoms with Crippen LogP contribution >= 0.6 is 0 Å². The molecule has 0 spiro atoms. The number of halogens is 2. The molecule has 0 unspecified atom stereocenters. The minimum atomic E-state index is -0.639. The highest BCUT2D eigenvalue weighted by atomic mass is 19.1. The lowest BCUT2D eigenvalue weighted by Crippen LogP contribution is -2.07. The van der Waals surface area contributed by atoms with Crippen LogP contribution in [0.2, 0.25) is 0 Å². The Bertz CT molecular complexity index is 620. The molecule has 112 valence electrons. The number of ether oxygens (including phenoxy) is 1. The fourth-order valence-corrected chi connectivity index (χ4v) is 1.86. The number of benzene rings is 1. The summed E-state index contributed by atoms with van der Waals surface area (Å²) in [4.78, 5) is 8.18. The van der Waals surface area contributed by atoms with Gasteiger partial charge in [0.15, 0.2) is 11.6 Å². The zero-order chi connectivity index (χ0) is 15.2. The Kier molecular flexibility index (Phi) is 5.03. The summed E-state index contributed by atoms with van der Waals surface area (Å²) in [6, 6.07) is 3.06. The van der Waals surface area contributed by atoms with Crippen molar-refractivity contribution >= 4 is 5.82 Å². The molecule has 2 rings (SSSR count). The first-order valence-corrected chi connectivity index (χ1v) is 6.86. The molecule has 2 aromatic rings. The van der Waals surface area contributed by atoms with Gasteiger partial charge in [0.1, 0.15) is 18.0 Å². The average Bonchev–Trinajstić information content (AvgIpc) is 2.49. The largest absolute Gasteiger partial charge is 0.435 e. The molecule has 1 aromatic heterocycles. The molecule has 1 heterocycles. The maximum absolute atomic E-state index is 13.6. The van der Waals surface area contributed by atoms with Crippen LogP contribution in [0.3, 0.4) is 0 Å². The van der Waals surface area contributed by atoms with Gasteiger partial charge in [-0.05, 0) is 25.0 Å². The average molecular weight is 293 g/mol. The highest BCUT2D eigenvalue weighted by Gasteiger charge is 2.14. The molecule has 0 saturated carbocycles. The van der Waals surface area contributed by atoms with E-state index in [0.29, 0.717) is 12.2 Å². The van der Waals surface area contributed by atoms with E-state index in [1.165, 1.54) is 6.33 Å². The third kappa shape index (κ3) is 3.65. The first-order valence-electron chi connectivity index (χ1n) is 6.86. The van der Waals surface area contributed by atoms with Gasteiger partial charge in [-0.3, -0.25) is 0 Å². The van der Waals surface area contributed by atoms with Gasteiger partial charge in [-0.15, -0.1) is 0 Å². The van der Waals surface area contributed by atoms with Crippen LogP contribution in [0.15, 0.2) is 24.5 Å². The van der Waals surface area contributed by atoms with Crippen molar-refractivity contribution in [1.82, 2.24) is 9.97 Å². The second-order valence-electron chi connectivity index (χ2n) is 4.46. The zero-order valence-corrected chi connectivity index (χ0v) is 12.0. The van der Waals surface area contributed by atoms with Gasteiger partial charge in [-0.2, -0.15) is 0 Å². The molecule has 0 saturated heterocycles. The lowest BCUT2D eigenvalue weighted by atomic mass is 10.2. The zero-order valence-electron chi connectivity index (χ0n) is 12.0. The summed E-state index contributed by atoms with van der Waals surface area (Å²) < 4.78 is 32.3. The van der Waals surface area contributed by atoms with Crippen molar-refractivity contribution in [3.8, 4) is 11.6 Å². The summed E-state index contributed by atoms with van der Waals surface area (Å²) in [5.74, 6) is -0.510. The number of hydrogen-bond acceptors (Lipinski definition) is 4.